The monoisotopic (exact) mass is 379 g/mol. The van der Waals surface area contributed by atoms with E-state index in [2.05, 4.69) is 9.97 Å². The van der Waals surface area contributed by atoms with Crippen LogP contribution in [0.1, 0.15) is 17.0 Å². The predicted octanol–water partition coefficient (Wildman–Crippen LogP) is 4.17. The van der Waals surface area contributed by atoms with Gasteiger partial charge in [-0.15, -0.1) is 0 Å². The number of nitro groups is 1. The molecule has 0 amide bonds. The van der Waals surface area contributed by atoms with Gasteiger partial charge in [0.05, 0.1) is 4.92 Å². The molecule has 1 N–H and O–H groups in total. The number of nitro benzene ring substituents is 1. The van der Waals surface area contributed by atoms with Gasteiger partial charge in [-0.2, -0.15) is 18.2 Å². The van der Waals surface area contributed by atoms with Crippen molar-refractivity contribution in [3.8, 4) is 0 Å². The van der Waals surface area contributed by atoms with E-state index in [1.807, 2.05) is 0 Å². The van der Waals surface area contributed by atoms with E-state index in [4.69, 9.17) is 23.2 Å². The van der Waals surface area contributed by atoms with Crippen molar-refractivity contribution in [2.75, 3.05) is 0 Å². The molecule has 126 valence electrons. The molecule has 1 aromatic carbocycles. The van der Waals surface area contributed by atoms with Gasteiger partial charge < -0.3 is 4.98 Å². The Kier molecular flexibility index (Phi) is 4.95. The fourth-order valence-corrected chi connectivity index (χ4v) is 2.23. The molecule has 0 aliphatic carbocycles. The Balaban J connectivity index is 2.45. The van der Waals surface area contributed by atoms with Gasteiger partial charge in [0, 0.05) is 22.3 Å². The molecule has 2 rings (SSSR count). The van der Waals surface area contributed by atoms with E-state index in [9.17, 15) is 28.1 Å². The highest BCUT2D eigenvalue weighted by atomic mass is 35.5. The largest absolute Gasteiger partial charge is 0.433 e. The van der Waals surface area contributed by atoms with Crippen molar-refractivity contribution in [1.82, 2.24) is 9.97 Å². The van der Waals surface area contributed by atoms with E-state index in [-0.39, 0.29) is 21.3 Å². The highest BCUT2D eigenvalue weighted by Gasteiger charge is 2.33. The van der Waals surface area contributed by atoms with E-state index in [1.54, 1.807) is 0 Å². The molecule has 1 heterocycles. The van der Waals surface area contributed by atoms with Crippen molar-refractivity contribution in [2.24, 2.45) is 0 Å². The molecule has 2 aromatic rings. The van der Waals surface area contributed by atoms with Crippen LogP contribution >= 0.6 is 23.2 Å². The molecule has 24 heavy (non-hydrogen) atoms. The fraction of sp³-hybridized carbons (Fsp3) is 0.0769. The molecule has 0 spiro atoms. The summed E-state index contributed by atoms with van der Waals surface area (Å²) in [6, 6.07) is 2.82. The number of rotatable bonds is 3. The Morgan fingerprint density at radius 3 is 2.42 bits per heavy atom. The summed E-state index contributed by atoms with van der Waals surface area (Å²) in [5.74, 6) is 0. The zero-order chi connectivity index (χ0) is 18.1. The molecule has 0 saturated heterocycles. The molecule has 0 aliphatic heterocycles. The third-order valence-corrected chi connectivity index (χ3v) is 3.39. The van der Waals surface area contributed by atoms with Gasteiger partial charge in [-0.3, -0.25) is 10.1 Å². The number of benzene rings is 1. The van der Waals surface area contributed by atoms with Crippen LogP contribution in [-0.2, 0) is 6.18 Å². The highest BCUT2D eigenvalue weighted by molar-refractivity contribution is 6.36. The summed E-state index contributed by atoms with van der Waals surface area (Å²) in [6.45, 7) is 0. The van der Waals surface area contributed by atoms with Crippen molar-refractivity contribution in [2.45, 2.75) is 6.18 Å². The number of aromatic amines is 1. The number of nitrogens with zero attached hydrogens (tertiary/aromatic N) is 2. The lowest BCUT2D eigenvalue weighted by Gasteiger charge is -2.05. The Hall–Kier alpha value is -2.39. The van der Waals surface area contributed by atoms with Crippen LogP contribution < -0.4 is 5.69 Å². The van der Waals surface area contributed by atoms with Crippen LogP contribution in [0.4, 0.5) is 18.9 Å². The summed E-state index contributed by atoms with van der Waals surface area (Å²) in [4.78, 5) is 26.2. The lowest BCUT2D eigenvalue weighted by molar-refractivity contribution is -0.384. The summed E-state index contributed by atoms with van der Waals surface area (Å²) in [7, 11) is 0. The number of alkyl halides is 3. The molecule has 0 atom stereocenters. The SMILES string of the molecule is O=c1nc(C(F)(F)F)cc(C=Cc2cc([N+](=O)[O-])c(Cl)cc2Cl)[nH]1. The molecule has 0 radical (unpaired) electrons. The molecule has 11 heteroatoms. The second kappa shape index (κ2) is 6.62. The Bertz CT molecular complexity index is 894. The Morgan fingerprint density at radius 1 is 1.17 bits per heavy atom. The molecule has 6 nitrogen and oxygen atoms in total. The van der Waals surface area contributed by atoms with Crippen LogP contribution in [0.15, 0.2) is 23.0 Å². The minimum atomic E-state index is -4.78. The molecule has 0 bridgehead atoms. The van der Waals surface area contributed by atoms with Gasteiger partial charge >= 0.3 is 11.9 Å². The Morgan fingerprint density at radius 2 is 1.83 bits per heavy atom. The minimum Gasteiger partial charge on any atom is -0.306 e. The van der Waals surface area contributed by atoms with Crippen molar-refractivity contribution in [3.05, 3.63) is 65.8 Å². The van der Waals surface area contributed by atoms with Crippen molar-refractivity contribution < 1.29 is 18.1 Å². The van der Waals surface area contributed by atoms with Crippen LogP contribution in [0.2, 0.25) is 10.0 Å². The summed E-state index contributed by atoms with van der Waals surface area (Å²) >= 11 is 11.6. The normalized spacial score (nSPS) is 11.9. The average molecular weight is 380 g/mol. The lowest BCUT2D eigenvalue weighted by atomic mass is 10.1. The summed E-state index contributed by atoms with van der Waals surface area (Å²) < 4.78 is 37.8. The van der Waals surface area contributed by atoms with Gasteiger partial charge in [0.25, 0.3) is 5.69 Å². The number of H-pyrrole nitrogens is 1. The van der Waals surface area contributed by atoms with Gasteiger partial charge in [-0.05, 0) is 18.2 Å². The zero-order valence-corrected chi connectivity index (χ0v) is 12.9. The minimum absolute atomic E-state index is 0.0503. The maximum absolute atomic E-state index is 12.6. The van der Waals surface area contributed by atoms with E-state index < -0.39 is 28.2 Å². The Labute approximate surface area is 141 Å². The second-order valence-corrected chi connectivity index (χ2v) is 5.25. The number of hydrogen-bond acceptors (Lipinski definition) is 4. The highest BCUT2D eigenvalue weighted by Crippen LogP contribution is 2.32. The second-order valence-electron chi connectivity index (χ2n) is 4.44. The summed E-state index contributed by atoms with van der Waals surface area (Å²) in [5, 5.41) is 10.7. The fourth-order valence-electron chi connectivity index (χ4n) is 1.71. The first-order valence-electron chi connectivity index (χ1n) is 6.08. The van der Waals surface area contributed by atoms with Crippen LogP contribution in [0.3, 0.4) is 0 Å². The molecule has 0 unspecified atom stereocenters. The average Bonchev–Trinajstić information content (AvgIpc) is 2.44. The number of nitrogens with one attached hydrogen (secondary N) is 1. The van der Waals surface area contributed by atoms with E-state index in [0.717, 1.165) is 18.2 Å². The first-order chi connectivity index (χ1) is 11.1. The zero-order valence-electron chi connectivity index (χ0n) is 11.4. The van der Waals surface area contributed by atoms with Crippen LogP contribution in [-0.4, -0.2) is 14.9 Å². The standard InChI is InChI=1S/C13H6Cl2F3N3O3/c14-8-5-9(15)10(21(23)24)3-6(8)1-2-7-4-11(13(16,17)18)20-12(22)19-7/h1-5H,(H,19,20,22). The van der Waals surface area contributed by atoms with Gasteiger partial charge in [-0.25, -0.2) is 4.79 Å². The number of halogens is 5. The van der Waals surface area contributed by atoms with E-state index in [0.29, 0.717) is 6.07 Å². The quantitative estimate of drug-likeness (QED) is 0.639. The third kappa shape index (κ3) is 4.12. The molecule has 0 saturated carbocycles. The lowest BCUT2D eigenvalue weighted by Crippen LogP contribution is -2.19. The van der Waals surface area contributed by atoms with Gasteiger partial charge in [0.2, 0.25) is 0 Å². The molecule has 1 aromatic heterocycles. The predicted molar refractivity (Wildman–Crippen MR) is 81.9 cm³/mol. The maximum atomic E-state index is 12.6. The number of aromatic nitrogens is 2. The van der Waals surface area contributed by atoms with Crippen molar-refractivity contribution in [1.29, 1.82) is 0 Å². The summed E-state index contributed by atoms with van der Waals surface area (Å²) in [6.07, 6.45) is -2.47. The van der Waals surface area contributed by atoms with Crippen LogP contribution in [0, 0.1) is 10.1 Å². The molecule has 0 aliphatic rings. The van der Waals surface area contributed by atoms with Crippen molar-refractivity contribution in [3.63, 3.8) is 0 Å². The first kappa shape index (κ1) is 18.0. The van der Waals surface area contributed by atoms with E-state index in [1.165, 1.54) is 6.08 Å². The van der Waals surface area contributed by atoms with Gasteiger partial charge in [0.1, 0.15) is 5.02 Å². The molecule has 0 fully saturated rings. The van der Waals surface area contributed by atoms with E-state index >= 15 is 0 Å². The smallest absolute Gasteiger partial charge is 0.306 e. The molecular weight excluding hydrogens is 374 g/mol. The summed E-state index contributed by atoms with van der Waals surface area (Å²) in [5.41, 5.74) is -3.02. The molecular formula is C13H6Cl2F3N3O3. The topological polar surface area (TPSA) is 88.9 Å². The van der Waals surface area contributed by atoms with Crippen LogP contribution in [0.5, 0.6) is 0 Å². The number of hydrogen-bond donors (Lipinski definition) is 1. The van der Waals surface area contributed by atoms with Gasteiger partial charge in [0.15, 0.2) is 5.69 Å². The maximum Gasteiger partial charge on any atom is 0.433 e. The van der Waals surface area contributed by atoms with Gasteiger partial charge in [-0.1, -0.05) is 29.3 Å². The van der Waals surface area contributed by atoms with Crippen molar-refractivity contribution >= 4 is 41.0 Å². The first-order valence-corrected chi connectivity index (χ1v) is 6.83. The third-order valence-electron chi connectivity index (χ3n) is 2.76. The van der Waals surface area contributed by atoms with Crippen LogP contribution in [0.25, 0.3) is 12.2 Å².